The first-order valence-electron chi connectivity index (χ1n) is 13.9. The van der Waals surface area contributed by atoms with Crippen LogP contribution in [0.2, 0.25) is 0 Å². The van der Waals surface area contributed by atoms with Crippen molar-refractivity contribution in [1.82, 2.24) is 20.0 Å². The standard InChI is InChI=1S/C29H36FN7O3/c1-16-12-37(13-17(2)31-16)23-9-8-20(28(39)32-19-10-18-14-36(4)34-26(18)22(30)11-19)27-21(23)15-35(3)29(33-27)40-25-7-5-6-24(25)38/h8-11,14-17,24-25,29,31,38H,5-7,12-13H2,1-4H3,(H,32,39)/t16-,17+,24?,25?,29?. The highest BCUT2D eigenvalue weighted by atomic mass is 19.1. The minimum atomic E-state index is -0.683. The number of aryl methyl sites for hydroxylation is 1. The molecule has 1 aromatic heterocycles. The Kier molecular flexibility index (Phi) is 6.97. The molecule has 3 aliphatic rings. The summed E-state index contributed by atoms with van der Waals surface area (Å²) in [4.78, 5) is 22.8. The van der Waals surface area contributed by atoms with Crippen LogP contribution in [0.25, 0.3) is 17.1 Å². The van der Waals surface area contributed by atoms with Gasteiger partial charge in [0.05, 0.1) is 23.1 Å². The Morgan fingerprint density at radius 1 is 1.18 bits per heavy atom. The summed E-state index contributed by atoms with van der Waals surface area (Å²) in [5.41, 5.74) is 1.95. The summed E-state index contributed by atoms with van der Waals surface area (Å²) in [5.74, 6) is -0.898. The minimum absolute atomic E-state index is 0.253. The van der Waals surface area contributed by atoms with E-state index in [0.717, 1.165) is 36.8 Å². The molecule has 3 aromatic rings. The summed E-state index contributed by atoms with van der Waals surface area (Å²) >= 11 is 0. The quantitative estimate of drug-likeness (QED) is 0.445. The third-order valence-corrected chi connectivity index (χ3v) is 7.91. The van der Waals surface area contributed by atoms with E-state index in [9.17, 15) is 14.3 Å². The largest absolute Gasteiger partial charge is 0.390 e. The van der Waals surface area contributed by atoms with Crippen LogP contribution < -0.4 is 26.1 Å². The van der Waals surface area contributed by atoms with Gasteiger partial charge in [-0.2, -0.15) is 5.10 Å². The van der Waals surface area contributed by atoms with Gasteiger partial charge in [-0.25, -0.2) is 9.38 Å². The molecule has 1 saturated heterocycles. The van der Waals surface area contributed by atoms with Crippen LogP contribution >= 0.6 is 0 Å². The summed E-state index contributed by atoms with van der Waals surface area (Å²) in [6, 6.07) is 7.34. The Balaban J connectivity index is 1.40. The van der Waals surface area contributed by atoms with Crippen LogP contribution in [0.1, 0.15) is 43.5 Å². The number of fused-ring (bicyclic) bond motifs is 2. The molecule has 1 amide bonds. The van der Waals surface area contributed by atoms with Gasteiger partial charge in [0.25, 0.3) is 5.91 Å². The highest BCUT2D eigenvalue weighted by Crippen LogP contribution is 2.25. The Morgan fingerprint density at radius 3 is 2.67 bits per heavy atom. The van der Waals surface area contributed by atoms with Crippen molar-refractivity contribution >= 4 is 34.4 Å². The molecule has 0 radical (unpaired) electrons. The summed E-state index contributed by atoms with van der Waals surface area (Å²) in [6.07, 6.45) is 4.53. The van der Waals surface area contributed by atoms with E-state index in [4.69, 9.17) is 9.73 Å². The first-order valence-corrected chi connectivity index (χ1v) is 13.9. The number of aliphatic hydroxyl groups excluding tert-OH is 1. The second-order valence-corrected chi connectivity index (χ2v) is 11.3. The number of amides is 1. The number of rotatable bonds is 5. The van der Waals surface area contributed by atoms with Crippen molar-refractivity contribution in [3.8, 4) is 0 Å². The monoisotopic (exact) mass is 549 g/mol. The Hall–Kier alpha value is -3.54. The lowest BCUT2D eigenvalue weighted by atomic mass is 10.1. The predicted octanol–water partition coefficient (Wildman–Crippen LogP) is 1.67. The van der Waals surface area contributed by atoms with Crippen LogP contribution in [0.5, 0.6) is 0 Å². The maximum Gasteiger partial charge on any atom is 0.257 e. The predicted molar refractivity (Wildman–Crippen MR) is 151 cm³/mol. The van der Waals surface area contributed by atoms with E-state index in [1.807, 2.05) is 24.2 Å². The first-order chi connectivity index (χ1) is 19.2. The maximum absolute atomic E-state index is 14.7. The molecule has 3 heterocycles. The van der Waals surface area contributed by atoms with Crippen molar-refractivity contribution in [2.75, 3.05) is 30.4 Å². The third-order valence-electron chi connectivity index (χ3n) is 7.91. The van der Waals surface area contributed by atoms with Crippen molar-refractivity contribution in [3.05, 3.63) is 52.4 Å². The molecule has 6 rings (SSSR count). The maximum atomic E-state index is 14.7. The van der Waals surface area contributed by atoms with E-state index >= 15 is 0 Å². The number of piperazine rings is 1. The molecule has 2 aliphatic heterocycles. The van der Waals surface area contributed by atoms with Gasteiger partial charge in [0.15, 0.2) is 5.82 Å². The van der Waals surface area contributed by atoms with E-state index in [1.165, 1.54) is 6.07 Å². The molecule has 2 fully saturated rings. The van der Waals surface area contributed by atoms with Crippen molar-refractivity contribution in [2.24, 2.45) is 12.0 Å². The SMILES string of the molecule is C[C@@H]1CN(c2ccc(C(=O)Nc3cc(F)c4nn(C)cc4c3)c3c2=CN(C)C(OC2CCCC2O)N=3)C[C@H](C)N1. The smallest absolute Gasteiger partial charge is 0.257 e. The number of nitrogens with zero attached hydrogens (tertiary/aromatic N) is 5. The number of hydrogen-bond donors (Lipinski definition) is 3. The van der Waals surface area contributed by atoms with Gasteiger partial charge in [0.1, 0.15) is 5.52 Å². The van der Waals surface area contributed by atoms with Crippen molar-refractivity contribution in [1.29, 1.82) is 0 Å². The molecule has 1 aliphatic carbocycles. The van der Waals surface area contributed by atoms with Crippen LogP contribution in [0.4, 0.5) is 15.8 Å². The highest BCUT2D eigenvalue weighted by Gasteiger charge is 2.31. The zero-order valence-corrected chi connectivity index (χ0v) is 23.3. The normalized spacial score (nSPS) is 26.4. The molecule has 10 nitrogen and oxygen atoms in total. The van der Waals surface area contributed by atoms with Crippen molar-refractivity contribution in [3.63, 3.8) is 0 Å². The number of aromatic nitrogens is 2. The van der Waals surface area contributed by atoms with Crippen molar-refractivity contribution < 1.29 is 19.0 Å². The molecule has 3 N–H and O–H groups in total. The zero-order valence-electron chi connectivity index (χ0n) is 23.3. The second-order valence-electron chi connectivity index (χ2n) is 11.3. The number of carbonyl (C=O) groups excluding carboxylic acids is 1. The summed E-state index contributed by atoms with van der Waals surface area (Å²) in [5, 5.41) is 22.9. The number of ether oxygens (including phenoxy) is 1. The molecule has 0 spiro atoms. The third kappa shape index (κ3) is 5.04. The molecule has 3 unspecified atom stereocenters. The van der Waals surface area contributed by atoms with Gasteiger partial charge in [0.2, 0.25) is 6.35 Å². The molecule has 2 aromatic carbocycles. The zero-order chi connectivity index (χ0) is 28.1. The van der Waals surface area contributed by atoms with E-state index in [1.54, 1.807) is 30.1 Å². The fourth-order valence-electron chi connectivity index (χ4n) is 6.15. The van der Waals surface area contributed by atoms with Crippen LogP contribution in [0.15, 0.2) is 35.5 Å². The van der Waals surface area contributed by atoms with Gasteiger partial charge in [-0.05, 0) is 57.4 Å². The number of benzene rings is 2. The van der Waals surface area contributed by atoms with Gasteiger partial charge in [-0.15, -0.1) is 0 Å². The van der Waals surface area contributed by atoms with E-state index in [0.29, 0.717) is 40.5 Å². The van der Waals surface area contributed by atoms with Gasteiger partial charge < -0.3 is 30.3 Å². The van der Waals surface area contributed by atoms with Crippen LogP contribution in [-0.2, 0) is 11.8 Å². The number of anilines is 2. The van der Waals surface area contributed by atoms with E-state index < -0.39 is 24.2 Å². The minimum Gasteiger partial charge on any atom is -0.390 e. The Labute approximate surface area is 232 Å². The topological polar surface area (TPSA) is 107 Å². The van der Waals surface area contributed by atoms with E-state index in [2.05, 4.69) is 34.5 Å². The van der Waals surface area contributed by atoms with Gasteiger partial charge >= 0.3 is 0 Å². The van der Waals surface area contributed by atoms with Gasteiger partial charge in [-0.1, -0.05) is 0 Å². The Morgan fingerprint density at radius 2 is 1.95 bits per heavy atom. The molecule has 5 atom stereocenters. The Bertz CT molecular complexity index is 1560. The molecule has 40 heavy (non-hydrogen) atoms. The van der Waals surface area contributed by atoms with Crippen LogP contribution in [0, 0.1) is 5.82 Å². The van der Waals surface area contributed by atoms with Gasteiger partial charge in [0, 0.05) is 73.6 Å². The van der Waals surface area contributed by atoms with Gasteiger partial charge in [-0.3, -0.25) is 9.48 Å². The fourth-order valence-corrected chi connectivity index (χ4v) is 6.15. The lowest BCUT2D eigenvalue weighted by molar-refractivity contribution is -0.100. The summed E-state index contributed by atoms with van der Waals surface area (Å²) in [6.45, 7) is 5.95. The number of halogens is 1. The average molecular weight is 550 g/mol. The number of hydrogen-bond acceptors (Lipinski definition) is 8. The van der Waals surface area contributed by atoms with Crippen molar-refractivity contribution in [2.45, 2.75) is 63.8 Å². The fraction of sp³-hybridized carbons (Fsp3) is 0.483. The molecule has 11 heteroatoms. The molecular formula is C29H36FN7O3. The molecule has 212 valence electrons. The van der Waals surface area contributed by atoms with Crippen LogP contribution in [-0.4, -0.2) is 76.5 Å². The number of nitrogens with one attached hydrogen (secondary N) is 2. The lowest BCUT2D eigenvalue weighted by Crippen LogP contribution is -2.56. The second kappa shape index (κ2) is 10.5. The van der Waals surface area contributed by atoms with E-state index in [-0.39, 0.29) is 11.6 Å². The summed E-state index contributed by atoms with van der Waals surface area (Å²) in [7, 11) is 3.62. The first kappa shape index (κ1) is 26.7. The molecular weight excluding hydrogens is 513 g/mol. The highest BCUT2D eigenvalue weighted by molar-refractivity contribution is 6.05. The lowest BCUT2D eigenvalue weighted by Gasteiger charge is -2.38. The molecule has 0 bridgehead atoms. The summed E-state index contributed by atoms with van der Waals surface area (Å²) < 4.78 is 22.5. The molecule has 1 saturated carbocycles. The van der Waals surface area contributed by atoms with Crippen LogP contribution in [0.3, 0.4) is 0 Å². The number of carbonyl (C=O) groups is 1. The number of aliphatic hydroxyl groups is 1. The average Bonchev–Trinajstić information content (AvgIpc) is 3.47.